The lowest BCUT2D eigenvalue weighted by Gasteiger charge is -2.26. The fraction of sp³-hybridized carbons (Fsp3) is 0.500. The molecule has 1 aliphatic rings. The first-order chi connectivity index (χ1) is 9.68. The van der Waals surface area contributed by atoms with Gasteiger partial charge in [0.25, 0.3) is 0 Å². The van der Waals surface area contributed by atoms with Gasteiger partial charge in [0.05, 0.1) is 0 Å². The molecule has 4 nitrogen and oxygen atoms in total. The van der Waals surface area contributed by atoms with Gasteiger partial charge in [0.2, 0.25) is 11.8 Å². The first-order valence-corrected chi connectivity index (χ1v) is 7.29. The Hall–Kier alpha value is -1.84. The Morgan fingerprint density at radius 2 is 1.65 bits per heavy atom. The van der Waals surface area contributed by atoms with E-state index >= 15 is 0 Å². The summed E-state index contributed by atoms with van der Waals surface area (Å²) in [5.74, 6) is -0.0506. The van der Waals surface area contributed by atoms with Crippen molar-refractivity contribution in [2.24, 2.45) is 0 Å². The molecule has 0 bridgehead atoms. The molecule has 4 heteroatoms. The molecule has 0 saturated carbocycles. The zero-order valence-corrected chi connectivity index (χ0v) is 12.0. The van der Waals surface area contributed by atoms with E-state index in [0.29, 0.717) is 0 Å². The lowest BCUT2D eigenvalue weighted by Crippen LogP contribution is -2.42. The number of benzene rings is 1. The van der Waals surface area contributed by atoms with Crippen molar-refractivity contribution in [1.29, 1.82) is 0 Å². The second-order valence-corrected chi connectivity index (χ2v) is 5.24. The van der Waals surface area contributed by atoms with Gasteiger partial charge in [-0.15, -0.1) is 0 Å². The van der Waals surface area contributed by atoms with Crippen LogP contribution in [0.1, 0.15) is 32.6 Å². The quantitative estimate of drug-likeness (QED) is 0.849. The molecule has 1 aliphatic heterocycles. The van der Waals surface area contributed by atoms with Crippen LogP contribution in [0.2, 0.25) is 0 Å². The highest BCUT2D eigenvalue weighted by Crippen LogP contribution is 2.15. The highest BCUT2D eigenvalue weighted by Gasteiger charge is 2.20. The normalized spacial score (nSPS) is 15.6. The highest BCUT2D eigenvalue weighted by molar-refractivity contribution is 5.97. The summed E-state index contributed by atoms with van der Waals surface area (Å²) in [7, 11) is 0. The van der Waals surface area contributed by atoms with Crippen LogP contribution in [0.25, 0.3) is 0 Å². The molecule has 108 valence electrons. The molecule has 0 unspecified atom stereocenters. The zero-order chi connectivity index (χ0) is 14.4. The fourth-order valence-electron chi connectivity index (χ4n) is 2.55. The standard InChI is InChI=1S/C16H22N2O2/c1-14(19)18(15-9-5-4-6-10-15)13-16(20)17-11-7-2-3-8-12-17/h4-6,9-10H,2-3,7-8,11-13H2,1H3. The van der Waals surface area contributed by atoms with Crippen molar-refractivity contribution in [2.75, 3.05) is 24.5 Å². The number of rotatable bonds is 3. The molecule has 0 aromatic heterocycles. The van der Waals surface area contributed by atoms with Crippen molar-refractivity contribution in [3.8, 4) is 0 Å². The SMILES string of the molecule is CC(=O)N(CC(=O)N1CCCCCC1)c1ccccc1. The van der Waals surface area contributed by atoms with Crippen LogP contribution in [0.4, 0.5) is 5.69 Å². The molecule has 0 radical (unpaired) electrons. The van der Waals surface area contributed by atoms with Gasteiger partial charge in [-0.3, -0.25) is 9.59 Å². The molecule has 0 aliphatic carbocycles. The highest BCUT2D eigenvalue weighted by atomic mass is 16.2. The van der Waals surface area contributed by atoms with Crippen molar-refractivity contribution >= 4 is 17.5 Å². The summed E-state index contributed by atoms with van der Waals surface area (Å²) in [5.41, 5.74) is 0.781. The molecular weight excluding hydrogens is 252 g/mol. The lowest BCUT2D eigenvalue weighted by atomic mass is 10.2. The third-order valence-corrected chi connectivity index (χ3v) is 3.70. The number of amides is 2. The summed E-state index contributed by atoms with van der Waals surface area (Å²) in [6.45, 7) is 3.28. The Bertz CT molecular complexity index is 451. The van der Waals surface area contributed by atoms with Gasteiger partial charge < -0.3 is 9.80 Å². The van der Waals surface area contributed by atoms with Gasteiger partial charge in [-0.05, 0) is 25.0 Å². The van der Waals surface area contributed by atoms with Gasteiger partial charge in [-0.1, -0.05) is 31.0 Å². The molecule has 0 atom stereocenters. The summed E-state index contributed by atoms with van der Waals surface area (Å²) < 4.78 is 0. The molecule has 1 heterocycles. The number of hydrogen-bond acceptors (Lipinski definition) is 2. The van der Waals surface area contributed by atoms with Crippen LogP contribution < -0.4 is 4.90 Å². The van der Waals surface area contributed by atoms with Crippen molar-refractivity contribution < 1.29 is 9.59 Å². The van der Waals surface area contributed by atoms with E-state index in [1.165, 1.54) is 19.8 Å². The third-order valence-electron chi connectivity index (χ3n) is 3.70. The first kappa shape index (κ1) is 14.6. The summed E-state index contributed by atoms with van der Waals surface area (Å²) in [6, 6.07) is 9.37. The van der Waals surface area contributed by atoms with Crippen LogP contribution in [-0.4, -0.2) is 36.3 Å². The minimum absolute atomic E-state index is 0.0472. The number of carbonyl (C=O) groups is 2. The molecule has 2 rings (SSSR count). The summed E-state index contributed by atoms with van der Waals surface area (Å²) in [5, 5.41) is 0. The predicted octanol–water partition coefficient (Wildman–Crippen LogP) is 2.44. The summed E-state index contributed by atoms with van der Waals surface area (Å²) in [6.07, 6.45) is 4.52. The Balaban J connectivity index is 2.04. The Labute approximate surface area is 120 Å². The van der Waals surface area contributed by atoms with Gasteiger partial charge >= 0.3 is 0 Å². The molecule has 1 aromatic rings. The van der Waals surface area contributed by atoms with Crippen LogP contribution in [0.15, 0.2) is 30.3 Å². The smallest absolute Gasteiger partial charge is 0.242 e. The van der Waals surface area contributed by atoms with E-state index in [-0.39, 0.29) is 18.4 Å². The number of nitrogens with zero attached hydrogens (tertiary/aromatic N) is 2. The number of carbonyl (C=O) groups excluding carboxylic acids is 2. The molecule has 1 aromatic carbocycles. The molecule has 0 spiro atoms. The zero-order valence-electron chi connectivity index (χ0n) is 12.0. The van der Waals surface area contributed by atoms with E-state index in [0.717, 1.165) is 31.6 Å². The Morgan fingerprint density at radius 3 is 2.20 bits per heavy atom. The number of hydrogen-bond donors (Lipinski definition) is 0. The molecular formula is C16H22N2O2. The van der Waals surface area contributed by atoms with E-state index < -0.39 is 0 Å². The van der Waals surface area contributed by atoms with Gasteiger partial charge in [-0.25, -0.2) is 0 Å². The maximum absolute atomic E-state index is 12.4. The first-order valence-electron chi connectivity index (χ1n) is 7.29. The maximum atomic E-state index is 12.4. The second-order valence-electron chi connectivity index (χ2n) is 5.24. The fourth-order valence-corrected chi connectivity index (χ4v) is 2.55. The van der Waals surface area contributed by atoms with E-state index in [9.17, 15) is 9.59 Å². The van der Waals surface area contributed by atoms with Gasteiger partial charge in [0.1, 0.15) is 6.54 Å². The molecule has 0 N–H and O–H groups in total. The molecule has 1 fully saturated rings. The average Bonchev–Trinajstić information content (AvgIpc) is 2.74. The Morgan fingerprint density at radius 1 is 1.05 bits per heavy atom. The van der Waals surface area contributed by atoms with Gasteiger partial charge in [0.15, 0.2) is 0 Å². The predicted molar refractivity (Wildman–Crippen MR) is 79.5 cm³/mol. The number of para-hydroxylation sites is 1. The van der Waals surface area contributed by atoms with Crippen molar-refractivity contribution in [1.82, 2.24) is 4.90 Å². The lowest BCUT2D eigenvalue weighted by molar-refractivity contribution is -0.131. The number of anilines is 1. The van der Waals surface area contributed by atoms with Gasteiger partial charge in [-0.2, -0.15) is 0 Å². The van der Waals surface area contributed by atoms with E-state index in [1.807, 2.05) is 35.2 Å². The van der Waals surface area contributed by atoms with Crippen LogP contribution in [0, 0.1) is 0 Å². The van der Waals surface area contributed by atoms with Crippen LogP contribution >= 0.6 is 0 Å². The minimum atomic E-state index is -0.0978. The third kappa shape index (κ3) is 3.83. The van der Waals surface area contributed by atoms with E-state index in [1.54, 1.807) is 4.90 Å². The monoisotopic (exact) mass is 274 g/mol. The van der Waals surface area contributed by atoms with E-state index in [4.69, 9.17) is 0 Å². The van der Waals surface area contributed by atoms with Crippen molar-refractivity contribution in [2.45, 2.75) is 32.6 Å². The van der Waals surface area contributed by atoms with Crippen LogP contribution in [0.3, 0.4) is 0 Å². The van der Waals surface area contributed by atoms with Gasteiger partial charge in [0, 0.05) is 25.7 Å². The van der Waals surface area contributed by atoms with Crippen molar-refractivity contribution in [3.63, 3.8) is 0 Å². The minimum Gasteiger partial charge on any atom is -0.341 e. The average molecular weight is 274 g/mol. The van der Waals surface area contributed by atoms with Crippen molar-refractivity contribution in [3.05, 3.63) is 30.3 Å². The Kier molecular flexibility index (Phi) is 5.16. The topological polar surface area (TPSA) is 40.6 Å². The second kappa shape index (κ2) is 7.08. The molecule has 1 saturated heterocycles. The largest absolute Gasteiger partial charge is 0.341 e. The van der Waals surface area contributed by atoms with E-state index in [2.05, 4.69) is 0 Å². The maximum Gasteiger partial charge on any atom is 0.242 e. The number of likely N-dealkylation sites (tertiary alicyclic amines) is 1. The van der Waals surface area contributed by atoms with Crippen LogP contribution in [-0.2, 0) is 9.59 Å². The van der Waals surface area contributed by atoms with Crippen LogP contribution in [0.5, 0.6) is 0 Å². The molecule has 20 heavy (non-hydrogen) atoms. The molecule has 2 amide bonds. The summed E-state index contributed by atoms with van der Waals surface area (Å²) in [4.78, 5) is 27.6. The summed E-state index contributed by atoms with van der Waals surface area (Å²) >= 11 is 0.